The average Bonchev–Trinajstić information content (AvgIpc) is 3.39. The lowest BCUT2D eigenvalue weighted by molar-refractivity contribution is -0.132. The van der Waals surface area contributed by atoms with Crippen molar-refractivity contribution in [2.75, 3.05) is 26.9 Å². The molecule has 1 amide bonds. The summed E-state index contributed by atoms with van der Waals surface area (Å²) < 4.78 is 21.7. The number of nitrogens with zero attached hydrogens (tertiary/aromatic N) is 1. The van der Waals surface area contributed by atoms with Gasteiger partial charge in [-0.1, -0.05) is 36.3 Å². The number of nitrogens with one attached hydrogen (secondary N) is 1. The Hall–Kier alpha value is -4.20. The molecule has 1 aromatic heterocycles. The number of ether oxygens (including phenoxy) is 3. The van der Waals surface area contributed by atoms with Gasteiger partial charge in [0, 0.05) is 12.1 Å². The highest BCUT2D eigenvalue weighted by molar-refractivity contribution is 5.82. The third-order valence-corrected chi connectivity index (χ3v) is 4.82. The first-order valence-corrected chi connectivity index (χ1v) is 10.3. The first kappa shape index (κ1) is 23.5. The van der Waals surface area contributed by atoms with Gasteiger partial charge in [-0.3, -0.25) is 4.79 Å². The minimum Gasteiger partial charge on any atom is -0.493 e. The zero-order valence-corrected chi connectivity index (χ0v) is 18.2. The van der Waals surface area contributed by atoms with Crippen LogP contribution in [-0.4, -0.2) is 32.8 Å². The standard InChI is InChI=1S/C26H24N2O5/c1-3-15-33-25(21-9-7-20(8-10-21)22-5-4-16-31-22)26(29)28-14-12-19-6-11-23(32-17-13-27)24(18-19)30-2/h1,4-11,16,18,25H,12,14-15,17H2,2H3,(H,28,29). The van der Waals surface area contributed by atoms with Crippen LogP contribution in [-0.2, 0) is 16.0 Å². The first-order valence-electron chi connectivity index (χ1n) is 10.3. The summed E-state index contributed by atoms with van der Waals surface area (Å²) in [6, 6.07) is 18.4. The highest BCUT2D eigenvalue weighted by Gasteiger charge is 2.21. The molecule has 0 spiro atoms. The van der Waals surface area contributed by atoms with E-state index in [2.05, 4.69) is 11.2 Å². The van der Waals surface area contributed by atoms with Crippen LogP contribution < -0.4 is 14.8 Å². The van der Waals surface area contributed by atoms with Gasteiger partial charge < -0.3 is 23.9 Å². The maximum Gasteiger partial charge on any atom is 0.253 e. The molecule has 0 radical (unpaired) electrons. The molecule has 1 N–H and O–H groups in total. The van der Waals surface area contributed by atoms with Crippen LogP contribution in [0.1, 0.15) is 17.2 Å². The van der Waals surface area contributed by atoms with Crippen LogP contribution in [0, 0.1) is 23.7 Å². The minimum absolute atomic E-state index is 0.0133. The number of rotatable bonds is 11. The largest absolute Gasteiger partial charge is 0.493 e. The summed E-state index contributed by atoms with van der Waals surface area (Å²) in [5, 5.41) is 11.6. The van der Waals surface area contributed by atoms with E-state index >= 15 is 0 Å². The lowest BCUT2D eigenvalue weighted by atomic mass is 10.0. The summed E-state index contributed by atoms with van der Waals surface area (Å²) in [7, 11) is 1.53. The summed E-state index contributed by atoms with van der Waals surface area (Å²) in [5.74, 6) is 3.89. The van der Waals surface area contributed by atoms with Crippen molar-refractivity contribution in [3.05, 3.63) is 72.0 Å². The number of carbonyl (C=O) groups excluding carboxylic acids is 1. The van der Waals surface area contributed by atoms with E-state index in [1.807, 2.05) is 54.6 Å². The molecule has 7 heteroatoms. The first-order chi connectivity index (χ1) is 16.2. The normalized spacial score (nSPS) is 11.1. The second-order valence-corrected chi connectivity index (χ2v) is 6.97. The van der Waals surface area contributed by atoms with Crippen molar-refractivity contribution < 1.29 is 23.4 Å². The minimum atomic E-state index is -0.831. The van der Waals surface area contributed by atoms with Crippen molar-refractivity contribution in [1.82, 2.24) is 5.32 Å². The van der Waals surface area contributed by atoms with E-state index < -0.39 is 6.10 Å². The second kappa shape index (κ2) is 12.0. The molecular formula is C26H24N2O5. The van der Waals surface area contributed by atoms with Crippen LogP contribution in [0.25, 0.3) is 11.3 Å². The molecule has 0 saturated carbocycles. The maximum absolute atomic E-state index is 12.9. The van der Waals surface area contributed by atoms with Gasteiger partial charge in [-0.25, -0.2) is 0 Å². The van der Waals surface area contributed by atoms with Gasteiger partial charge in [-0.05, 0) is 41.8 Å². The number of furan rings is 1. The fourth-order valence-electron chi connectivity index (χ4n) is 3.24. The lowest BCUT2D eigenvalue weighted by Gasteiger charge is -2.17. The van der Waals surface area contributed by atoms with Crippen molar-refractivity contribution in [1.29, 1.82) is 5.26 Å². The van der Waals surface area contributed by atoms with Crippen LogP contribution >= 0.6 is 0 Å². The van der Waals surface area contributed by atoms with Gasteiger partial charge >= 0.3 is 0 Å². The zero-order chi connectivity index (χ0) is 23.5. The summed E-state index contributed by atoms with van der Waals surface area (Å²) in [6.45, 7) is 0.341. The Kier molecular flexibility index (Phi) is 8.53. The molecule has 0 aliphatic carbocycles. The third kappa shape index (κ3) is 6.39. The number of hydrogen-bond acceptors (Lipinski definition) is 6. The van der Waals surface area contributed by atoms with E-state index in [-0.39, 0.29) is 19.1 Å². The quantitative estimate of drug-likeness (QED) is 0.451. The Bertz CT molecular complexity index is 1120. The van der Waals surface area contributed by atoms with Crippen molar-refractivity contribution >= 4 is 5.91 Å². The Balaban J connectivity index is 1.62. The predicted molar refractivity (Wildman–Crippen MR) is 122 cm³/mol. The summed E-state index contributed by atoms with van der Waals surface area (Å²) >= 11 is 0. The number of methoxy groups -OCH3 is 1. The monoisotopic (exact) mass is 444 g/mol. The molecule has 0 aliphatic rings. The molecule has 3 aromatic rings. The SMILES string of the molecule is C#CCOC(C(=O)NCCc1ccc(OCC#N)c(OC)c1)c1ccc(-c2ccco2)cc1. The van der Waals surface area contributed by atoms with Gasteiger partial charge in [0.05, 0.1) is 13.4 Å². The number of carbonyl (C=O) groups is 1. The lowest BCUT2D eigenvalue weighted by Crippen LogP contribution is -2.32. The van der Waals surface area contributed by atoms with Gasteiger partial charge in [0.15, 0.2) is 24.2 Å². The number of terminal acetylenes is 1. The van der Waals surface area contributed by atoms with Gasteiger partial charge in [0.2, 0.25) is 0 Å². The maximum atomic E-state index is 12.9. The van der Waals surface area contributed by atoms with Crippen LogP contribution in [0.2, 0.25) is 0 Å². The molecule has 33 heavy (non-hydrogen) atoms. The van der Waals surface area contributed by atoms with Crippen molar-refractivity contribution in [2.45, 2.75) is 12.5 Å². The van der Waals surface area contributed by atoms with E-state index in [0.717, 1.165) is 16.9 Å². The average molecular weight is 444 g/mol. The predicted octanol–water partition coefficient (Wildman–Crippen LogP) is 3.91. The van der Waals surface area contributed by atoms with Crippen molar-refractivity contribution in [2.24, 2.45) is 0 Å². The molecular weight excluding hydrogens is 420 g/mol. The molecule has 2 aromatic carbocycles. The van der Waals surface area contributed by atoms with Crippen molar-refractivity contribution in [3.8, 4) is 41.2 Å². The molecule has 0 fully saturated rings. The molecule has 1 atom stereocenters. The molecule has 0 bridgehead atoms. The van der Waals surface area contributed by atoms with Gasteiger partial charge in [-0.2, -0.15) is 5.26 Å². The van der Waals surface area contributed by atoms with E-state index in [9.17, 15) is 4.79 Å². The molecule has 0 aliphatic heterocycles. The molecule has 7 nitrogen and oxygen atoms in total. The van der Waals surface area contributed by atoms with Crippen molar-refractivity contribution in [3.63, 3.8) is 0 Å². The fraction of sp³-hybridized carbons (Fsp3) is 0.231. The van der Waals surface area contributed by atoms with Gasteiger partial charge in [0.25, 0.3) is 5.91 Å². The number of nitriles is 1. The third-order valence-electron chi connectivity index (χ3n) is 4.82. The van der Waals surface area contributed by atoms with E-state index in [4.69, 9.17) is 30.3 Å². The van der Waals surface area contributed by atoms with Gasteiger partial charge in [-0.15, -0.1) is 6.42 Å². The second-order valence-electron chi connectivity index (χ2n) is 6.97. The molecule has 1 heterocycles. The fourth-order valence-corrected chi connectivity index (χ4v) is 3.24. The van der Waals surface area contributed by atoms with Gasteiger partial charge in [0.1, 0.15) is 18.4 Å². The topological polar surface area (TPSA) is 93.7 Å². The molecule has 0 saturated heterocycles. The number of benzene rings is 2. The Labute approximate surface area is 192 Å². The summed E-state index contributed by atoms with van der Waals surface area (Å²) in [6.07, 6.45) is 6.68. The number of hydrogen-bond donors (Lipinski definition) is 1. The van der Waals surface area contributed by atoms with Crippen LogP contribution in [0.15, 0.2) is 65.3 Å². The molecule has 168 valence electrons. The van der Waals surface area contributed by atoms with Crippen LogP contribution in [0.5, 0.6) is 11.5 Å². The van der Waals surface area contributed by atoms with E-state index in [1.165, 1.54) is 7.11 Å². The number of amides is 1. The Morgan fingerprint density at radius 3 is 2.64 bits per heavy atom. The Morgan fingerprint density at radius 1 is 1.15 bits per heavy atom. The summed E-state index contributed by atoms with van der Waals surface area (Å²) in [5.41, 5.74) is 2.54. The smallest absolute Gasteiger partial charge is 0.253 e. The zero-order valence-electron chi connectivity index (χ0n) is 18.2. The Morgan fingerprint density at radius 2 is 1.97 bits per heavy atom. The van der Waals surface area contributed by atoms with E-state index in [0.29, 0.717) is 30.0 Å². The summed E-state index contributed by atoms with van der Waals surface area (Å²) in [4.78, 5) is 12.9. The highest BCUT2D eigenvalue weighted by Crippen LogP contribution is 2.28. The highest BCUT2D eigenvalue weighted by atomic mass is 16.5. The molecule has 3 rings (SSSR count). The van der Waals surface area contributed by atoms with Crippen LogP contribution in [0.3, 0.4) is 0 Å². The van der Waals surface area contributed by atoms with E-state index in [1.54, 1.807) is 12.3 Å². The van der Waals surface area contributed by atoms with Crippen LogP contribution in [0.4, 0.5) is 0 Å². The molecule has 1 unspecified atom stereocenters.